The van der Waals surface area contributed by atoms with Crippen LogP contribution in [0.15, 0.2) is 77.8 Å². The van der Waals surface area contributed by atoms with Crippen LogP contribution in [-0.2, 0) is 6.42 Å². The highest BCUT2D eigenvalue weighted by Crippen LogP contribution is 2.32. The third-order valence-corrected chi connectivity index (χ3v) is 4.68. The van der Waals surface area contributed by atoms with Gasteiger partial charge in [0.05, 0.1) is 13.2 Å². The molecule has 124 valence electrons. The van der Waals surface area contributed by atoms with E-state index in [4.69, 9.17) is 15.5 Å². The van der Waals surface area contributed by atoms with Gasteiger partial charge in [0.1, 0.15) is 11.6 Å². The summed E-state index contributed by atoms with van der Waals surface area (Å²) in [6, 6.07) is 24.9. The molecule has 0 saturated heterocycles. The predicted molar refractivity (Wildman–Crippen MR) is 102 cm³/mol. The van der Waals surface area contributed by atoms with Crippen molar-refractivity contribution in [2.45, 2.75) is 12.5 Å². The number of benzene rings is 3. The molecule has 4 rings (SSSR count). The lowest BCUT2D eigenvalue weighted by molar-refractivity contribution is 0.415. The first kappa shape index (κ1) is 15.5. The van der Waals surface area contributed by atoms with Crippen molar-refractivity contribution in [1.29, 1.82) is 0 Å². The van der Waals surface area contributed by atoms with Crippen LogP contribution in [0.4, 0.5) is 0 Å². The smallest absolute Gasteiger partial charge is 0.126 e. The Labute approximate surface area is 147 Å². The van der Waals surface area contributed by atoms with Crippen LogP contribution in [0.25, 0.3) is 11.1 Å². The zero-order chi connectivity index (χ0) is 17.2. The summed E-state index contributed by atoms with van der Waals surface area (Å²) in [7, 11) is 1.69. The average Bonchev–Trinajstić information content (AvgIpc) is 2.68. The van der Waals surface area contributed by atoms with Crippen LogP contribution in [-0.4, -0.2) is 12.9 Å². The largest absolute Gasteiger partial charge is 0.497 e. The van der Waals surface area contributed by atoms with Crippen molar-refractivity contribution in [3.05, 3.63) is 89.5 Å². The van der Waals surface area contributed by atoms with Gasteiger partial charge < -0.3 is 10.5 Å². The van der Waals surface area contributed by atoms with Gasteiger partial charge in [-0.05, 0) is 46.9 Å². The van der Waals surface area contributed by atoms with Crippen molar-refractivity contribution in [3.63, 3.8) is 0 Å². The topological polar surface area (TPSA) is 47.6 Å². The molecule has 0 aliphatic carbocycles. The number of aliphatic imine (C=N–C) groups is 1. The van der Waals surface area contributed by atoms with Gasteiger partial charge in [-0.3, -0.25) is 4.99 Å². The van der Waals surface area contributed by atoms with Crippen LogP contribution in [0.3, 0.4) is 0 Å². The van der Waals surface area contributed by atoms with Gasteiger partial charge in [0, 0.05) is 5.56 Å². The highest BCUT2D eigenvalue weighted by Gasteiger charge is 2.20. The molecule has 0 fully saturated rings. The van der Waals surface area contributed by atoms with Gasteiger partial charge in [0.25, 0.3) is 0 Å². The van der Waals surface area contributed by atoms with E-state index >= 15 is 0 Å². The van der Waals surface area contributed by atoms with E-state index < -0.39 is 0 Å². The first-order chi connectivity index (χ1) is 12.2. The van der Waals surface area contributed by atoms with E-state index in [2.05, 4.69) is 42.5 Å². The second-order valence-corrected chi connectivity index (χ2v) is 6.25. The van der Waals surface area contributed by atoms with Crippen molar-refractivity contribution >= 4 is 5.84 Å². The summed E-state index contributed by atoms with van der Waals surface area (Å²) in [6.07, 6.45) is 0.873. The summed E-state index contributed by atoms with van der Waals surface area (Å²) >= 11 is 0. The average molecular weight is 328 g/mol. The zero-order valence-corrected chi connectivity index (χ0v) is 14.1. The van der Waals surface area contributed by atoms with E-state index in [-0.39, 0.29) is 6.04 Å². The molecule has 0 spiro atoms. The van der Waals surface area contributed by atoms with Gasteiger partial charge in [-0.15, -0.1) is 0 Å². The van der Waals surface area contributed by atoms with Crippen molar-refractivity contribution < 1.29 is 4.74 Å². The summed E-state index contributed by atoms with van der Waals surface area (Å²) in [4.78, 5) is 4.73. The van der Waals surface area contributed by atoms with Crippen molar-refractivity contribution in [1.82, 2.24) is 0 Å². The molecule has 0 amide bonds. The van der Waals surface area contributed by atoms with Crippen molar-refractivity contribution in [2.75, 3.05) is 7.11 Å². The molecular weight excluding hydrogens is 308 g/mol. The molecule has 0 saturated carbocycles. The zero-order valence-electron chi connectivity index (χ0n) is 14.1. The van der Waals surface area contributed by atoms with Crippen LogP contribution in [0.1, 0.15) is 22.7 Å². The molecule has 3 nitrogen and oxygen atoms in total. The van der Waals surface area contributed by atoms with Gasteiger partial charge in [-0.1, -0.05) is 54.6 Å². The lowest BCUT2D eigenvalue weighted by atomic mass is 9.91. The Bertz CT molecular complexity index is 946. The monoisotopic (exact) mass is 328 g/mol. The number of hydrogen-bond donors (Lipinski definition) is 1. The van der Waals surface area contributed by atoms with Gasteiger partial charge in [-0.25, -0.2) is 0 Å². The van der Waals surface area contributed by atoms with E-state index in [9.17, 15) is 0 Å². The SMILES string of the molecule is COc1cccc(-c2cccc([C@@H]3Cc4ccccc4C(N)=N3)c2)c1. The third-order valence-electron chi connectivity index (χ3n) is 4.68. The summed E-state index contributed by atoms with van der Waals surface area (Å²) in [5.74, 6) is 1.48. The number of ether oxygens (including phenoxy) is 1. The minimum absolute atomic E-state index is 0.0560. The number of hydrogen-bond acceptors (Lipinski definition) is 3. The van der Waals surface area contributed by atoms with E-state index in [0.29, 0.717) is 5.84 Å². The fourth-order valence-corrected chi connectivity index (χ4v) is 3.36. The maximum absolute atomic E-state index is 6.19. The number of methoxy groups -OCH3 is 1. The number of nitrogens with two attached hydrogens (primary N) is 1. The van der Waals surface area contributed by atoms with Crippen molar-refractivity contribution in [3.8, 4) is 16.9 Å². The van der Waals surface area contributed by atoms with E-state index in [1.807, 2.05) is 30.3 Å². The Morgan fingerprint density at radius 2 is 1.68 bits per heavy atom. The Balaban J connectivity index is 1.70. The van der Waals surface area contributed by atoms with Crippen LogP contribution in [0.2, 0.25) is 0 Å². The normalized spacial score (nSPS) is 16.0. The molecule has 0 unspecified atom stereocenters. The van der Waals surface area contributed by atoms with Crippen LogP contribution < -0.4 is 10.5 Å². The Kier molecular flexibility index (Phi) is 3.98. The third kappa shape index (κ3) is 3.01. The molecule has 3 heteroatoms. The number of amidine groups is 1. The van der Waals surface area contributed by atoms with Crippen LogP contribution in [0.5, 0.6) is 5.75 Å². The van der Waals surface area contributed by atoms with E-state index in [1.54, 1.807) is 7.11 Å². The Hall–Kier alpha value is -3.07. The van der Waals surface area contributed by atoms with Crippen LogP contribution in [0, 0.1) is 0 Å². The fraction of sp³-hybridized carbons (Fsp3) is 0.136. The number of rotatable bonds is 3. The van der Waals surface area contributed by atoms with E-state index in [1.165, 1.54) is 11.1 Å². The molecule has 1 heterocycles. The molecule has 1 aliphatic rings. The highest BCUT2D eigenvalue weighted by atomic mass is 16.5. The van der Waals surface area contributed by atoms with Gasteiger partial charge in [0.2, 0.25) is 0 Å². The molecule has 1 aliphatic heterocycles. The quantitative estimate of drug-likeness (QED) is 0.776. The first-order valence-electron chi connectivity index (χ1n) is 8.40. The molecule has 25 heavy (non-hydrogen) atoms. The summed E-state index contributed by atoms with van der Waals surface area (Å²) in [5, 5.41) is 0. The molecule has 2 N–H and O–H groups in total. The second kappa shape index (κ2) is 6.44. The van der Waals surface area contributed by atoms with E-state index in [0.717, 1.165) is 28.9 Å². The van der Waals surface area contributed by atoms with Crippen molar-refractivity contribution in [2.24, 2.45) is 10.7 Å². The summed E-state index contributed by atoms with van der Waals surface area (Å²) in [5.41, 5.74) is 12.0. The van der Waals surface area contributed by atoms with Crippen LogP contribution >= 0.6 is 0 Å². The number of fused-ring (bicyclic) bond motifs is 1. The molecule has 0 aromatic heterocycles. The highest BCUT2D eigenvalue weighted by molar-refractivity contribution is 5.99. The summed E-state index contributed by atoms with van der Waals surface area (Å²) in [6.45, 7) is 0. The maximum atomic E-state index is 6.19. The summed E-state index contributed by atoms with van der Waals surface area (Å²) < 4.78 is 5.34. The lowest BCUT2D eigenvalue weighted by Gasteiger charge is -2.22. The molecule has 1 atom stereocenters. The fourth-order valence-electron chi connectivity index (χ4n) is 3.36. The molecular formula is C22H20N2O. The minimum Gasteiger partial charge on any atom is -0.497 e. The van der Waals surface area contributed by atoms with Gasteiger partial charge >= 0.3 is 0 Å². The second-order valence-electron chi connectivity index (χ2n) is 6.25. The predicted octanol–water partition coefficient (Wildman–Crippen LogP) is 4.36. The first-order valence-corrected chi connectivity index (χ1v) is 8.40. The lowest BCUT2D eigenvalue weighted by Crippen LogP contribution is -2.22. The standard InChI is InChI=1S/C22H20N2O/c1-25-19-10-5-8-16(13-19)15-7-4-9-18(12-15)21-14-17-6-2-3-11-20(17)22(23)24-21/h2-13,21H,14H2,1H3,(H2,23,24)/t21-/m0/s1. The minimum atomic E-state index is 0.0560. The molecule has 3 aromatic carbocycles. The van der Waals surface area contributed by atoms with Gasteiger partial charge in [-0.2, -0.15) is 0 Å². The molecule has 0 radical (unpaired) electrons. The molecule has 0 bridgehead atoms. The Morgan fingerprint density at radius 3 is 2.52 bits per heavy atom. The maximum Gasteiger partial charge on any atom is 0.126 e. The molecule has 3 aromatic rings. The Morgan fingerprint density at radius 1 is 0.920 bits per heavy atom. The van der Waals surface area contributed by atoms with Gasteiger partial charge in [0.15, 0.2) is 0 Å². The number of nitrogens with zero attached hydrogens (tertiary/aromatic N) is 1.